The van der Waals surface area contributed by atoms with Crippen LogP contribution in [0.4, 0.5) is 5.69 Å². The first kappa shape index (κ1) is 24.6. The lowest BCUT2D eigenvalue weighted by atomic mass is 10.0. The Morgan fingerprint density at radius 3 is 2.44 bits per heavy atom. The molecule has 4 aromatic carbocycles. The third-order valence-electron chi connectivity index (χ3n) is 5.33. The number of halogens is 1. The summed E-state index contributed by atoms with van der Waals surface area (Å²) >= 11 is 3.41. The van der Waals surface area contributed by atoms with Crippen LogP contribution >= 0.6 is 15.9 Å². The van der Waals surface area contributed by atoms with Crippen LogP contribution in [-0.4, -0.2) is 12.5 Å². The number of fused-ring (bicyclic) bond motifs is 1. The van der Waals surface area contributed by atoms with Crippen LogP contribution in [0.15, 0.2) is 95.0 Å². The smallest absolute Gasteiger partial charge is 0.266 e. The van der Waals surface area contributed by atoms with Crippen molar-refractivity contribution in [3.8, 4) is 29.9 Å². The van der Waals surface area contributed by atoms with Crippen molar-refractivity contribution >= 4 is 44.4 Å². The third kappa shape index (κ3) is 6.13. The molecular weight excluding hydrogens is 516 g/mol. The van der Waals surface area contributed by atoms with E-state index in [0.717, 1.165) is 20.8 Å². The molecule has 0 radical (unpaired) electrons. The summed E-state index contributed by atoms with van der Waals surface area (Å²) in [6, 6.07) is 28.2. The van der Waals surface area contributed by atoms with Crippen molar-refractivity contribution in [2.24, 2.45) is 0 Å². The molecule has 0 unspecified atom stereocenters. The minimum atomic E-state index is -0.531. The summed E-state index contributed by atoms with van der Waals surface area (Å²) in [4.78, 5) is 12.9. The Labute approximate surface area is 218 Å². The number of nitrogens with zero attached hydrogens (tertiary/aromatic N) is 1. The largest absolute Gasteiger partial charge is 0.489 e. The van der Waals surface area contributed by atoms with Gasteiger partial charge in [0.1, 0.15) is 36.4 Å². The van der Waals surface area contributed by atoms with E-state index in [2.05, 4.69) is 27.2 Å². The number of benzene rings is 4. The highest BCUT2D eigenvalue weighted by molar-refractivity contribution is 9.10. The molecule has 1 N–H and O–H groups in total. The van der Waals surface area contributed by atoms with Gasteiger partial charge in [-0.1, -0.05) is 64.3 Å². The number of rotatable bonds is 8. The quantitative estimate of drug-likeness (QED) is 0.154. The van der Waals surface area contributed by atoms with E-state index < -0.39 is 5.91 Å². The van der Waals surface area contributed by atoms with Crippen molar-refractivity contribution in [1.29, 1.82) is 5.26 Å². The lowest BCUT2D eigenvalue weighted by Crippen LogP contribution is -2.13. The van der Waals surface area contributed by atoms with Crippen LogP contribution in [0.25, 0.3) is 16.8 Å². The van der Waals surface area contributed by atoms with E-state index >= 15 is 0 Å². The zero-order valence-electron chi connectivity index (χ0n) is 19.2. The number of nitriles is 1. The highest BCUT2D eigenvalue weighted by Crippen LogP contribution is 2.30. The van der Waals surface area contributed by atoms with Gasteiger partial charge in [0, 0.05) is 15.7 Å². The van der Waals surface area contributed by atoms with Gasteiger partial charge in [-0.2, -0.15) is 5.26 Å². The second kappa shape index (κ2) is 11.8. The van der Waals surface area contributed by atoms with Crippen LogP contribution in [-0.2, 0) is 11.4 Å². The van der Waals surface area contributed by atoms with Crippen molar-refractivity contribution in [2.75, 3.05) is 11.9 Å². The van der Waals surface area contributed by atoms with Gasteiger partial charge in [-0.3, -0.25) is 4.79 Å². The van der Waals surface area contributed by atoms with Gasteiger partial charge in [0.05, 0.1) is 0 Å². The molecule has 0 fully saturated rings. The number of amides is 1. The molecule has 0 bridgehead atoms. The molecular formula is C30H21BrN2O3. The van der Waals surface area contributed by atoms with Gasteiger partial charge in [-0.05, 0) is 64.9 Å². The van der Waals surface area contributed by atoms with Crippen LogP contribution in [0.2, 0.25) is 0 Å². The fourth-order valence-electron chi connectivity index (χ4n) is 3.54. The molecule has 0 spiro atoms. The Balaban J connectivity index is 1.50. The van der Waals surface area contributed by atoms with Crippen molar-refractivity contribution < 1.29 is 14.3 Å². The lowest BCUT2D eigenvalue weighted by molar-refractivity contribution is -0.112. The van der Waals surface area contributed by atoms with E-state index in [0.29, 0.717) is 29.4 Å². The normalized spacial score (nSPS) is 10.8. The molecule has 4 rings (SSSR count). The van der Waals surface area contributed by atoms with Crippen molar-refractivity contribution in [3.63, 3.8) is 0 Å². The lowest BCUT2D eigenvalue weighted by Gasteiger charge is -2.11. The predicted molar refractivity (Wildman–Crippen MR) is 145 cm³/mol. The third-order valence-corrected chi connectivity index (χ3v) is 5.86. The topological polar surface area (TPSA) is 71.3 Å². The number of ether oxygens (including phenoxy) is 2. The molecule has 0 aliphatic heterocycles. The summed E-state index contributed by atoms with van der Waals surface area (Å²) in [6.07, 6.45) is 6.87. The Morgan fingerprint density at radius 1 is 0.972 bits per heavy atom. The second-order valence-electron chi connectivity index (χ2n) is 7.75. The zero-order chi connectivity index (χ0) is 25.3. The Hall–Kier alpha value is -4.52. The Bertz CT molecular complexity index is 1490. The van der Waals surface area contributed by atoms with Gasteiger partial charge in [0.15, 0.2) is 0 Å². The van der Waals surface area contributed by atoms with Gasteiger partial charge >= 0.3 is 0 Å². The predicted octanol–water partition coefficient (Wildman–Crippen LogP) is 6.74. The molecule has 0 aliphatic rings. The maximum atomic E-state index is 12.9. The van der Waals surface area contributed by atoms with Crippen molar-refractivity contribution in [1.82, 2.24) is 0 Å². The van der Waals surface area contributed by atoms with Crippen LogP contribution in [0.5, 0.6) is 11.5 Å². The van der Waals surface area contributed by atoms with E-state index in [4.69, 9.17) is 15.9 Å². The highest BCUT2D eigenvalue weighted by atomic mass is 79.9. The van der Waals surface area contributed by atoms with Gasteiger partial charge in [0.25, 0.3) is 5.91 Å². The van der Waals surface area contributed by atoms with Gasteiger partial charge < -0.3 is 14.8 Å². The molecule has 0 aromatic heterocycles. The first-order chi connectivity index (χ1) is 17.6. The van der Waals surface area contributed by atoms with E-state index in [1.807, 2.05) is 60.7 Å². The fourth-order valence-corrected chi connectivity index (χ4v) is 3.81. The second-order valence-corrected chi connectivity index (χ2v) is 8.67. The van der Waals surface area contributed by atoms with Gasteiger partial charge in [0.2, 0.25) is 0 Å². The molecule has 176 valence electrons. The molecule has 0 saturated heterocycles. The summed E-state index contributed by atoms with van der Waals surface area (Å²) in [6.45, 7) is 0.499. The van der Waals surface area contributed by atoms with Crippen LogP contribution < -0.4 is 14.8 Å². The molecule has 6 heteroatoms. The molecule has 4 aromatic rings. The average Bonchev–Trinajstić information content (AvgIpc) is 2.91. The standard InChI is InChI=1S/C30H21BrN2O3/c1-2-17-35-29-16-9-22-5-3-4-6-27(22)28(29)18-23(19-32)30(34)33-25-12-14-26(15-13-25)36-20-21-7-10-24(31)11-8-21/h1,3-16,18H,17,20H2,(H,33,34)/b23-18+. The van der Waals surface area contributed by atoms with E-state index in [9.17, 15) is 10.1 Å². The van der Waals surface area contributed by atoms with Crippen molar-refractivity contribution in [3.05, 3.63) is 106 Å². The summed E-state index contributed by atoms with van der Waals surface area (Å²) < 4.78 is 12.5. The highest BCUT2D eigenvalue weighted by Gasteiger charge is 2.14. The molecule has 0 aliphatic carbocycles. The minimum absolute atomic E-state index is 0.0625. The van der Waals surface area contributed by atoms with Gasteiger partial charge in [-0.15, -0.1) is 6.42 Å². The fraction of sp³-hybridized carbons (Fsp3) is 0.0667. The maximum Gasteiger partial charge on any atom is 0.266 e. The first-order valence-corrected chi connectivity index (χ1v) is 11.8. The molecule has 1 amide bonds. The Morgan fingerprint density at radius 2 is 1.72 bits per heavy atom. The summed E-state index contributed by atoms with van der Waals surface area (Å²) in [5.41, 5.74) is 2.14. The minimum Gasteiger partial charge on any atom is -0.489 e. The zero-order valence-corrected chi connectivity index (χ0v) is 20.8. The number of hydrogen-bond acceptors (Lipinski definition) is 4. The van der Waals surface area contributed by atoms with Gasteiger partial charge in [-0.25, -0.2) is 0 Å². The van der Waals surface area contributed by atoms with Crippen molar-refractivity contribution in [2.45, 2.75) is 6.61 Å². The van der Waals surface area contributed by atoms with Crippen LogP contribution in [0, 0.1) is 23.7 Å². The molecule has 0 saturated carbocycles. The molecule has 0 atom stereocenters. The van der Waals surface area contributed by atoms with Crippen LogP contribution in [0.1, 0.15) is 11.1 Å². The monoisotopic (exact) mass is 536 g/mol. The van der Waals surface area contributed by atoms with E-state index in [1.54, 1.807) is 30.3 Å². The van der Waals surface area contributed by atoms with E-state index in [1.165, 1.54) is 6.08 Å². The van der Waals surface area contributed by atoms with Crippen LogP contribution in [0.3, 0.4) is 0 Å². The number of nitrogens with one attached hydrogen (secondary N) is 1. The average molecular weight is 537 g/mol. The number of anilines is 1. The summed E-state index contributed by atoms with van der Waals surface area (Å²) in [7, 11) is 0. The SMILES string of the molecule is C#CCOc1ccc2ccccc2c1/C=C(\C#N)C(=O)Nc1ccc(OCc2ccc(Br)cc2)cc1. The number of carbonyl (C=O) groups excluding carboxylic acids is 1. The molecule has 5 nitrogen and oxygen atoms in total. The Kier molecular flexibility index (Phi) is 8.03. The number of terminal acetylenes is 1. The maximum absolute atomic E-state index is 12.9. The van der Waals surface area contributed by atoms with E-state index in [-0.39, 0.29) is 12.2 Å². The summed E-state index contributed by atoms with van der Waals surface area (Å²) in [5.74, 6) is 3.07. The molecule has 0 heterocycles. The number of hydrogen-bond donors (Lipinski definition) is 1. The first-order valence-electron chi connectivity index (χ1n) is 11.1. The summed E-state index contributed by atoms with van der Waals surface area (Å²) in [5, 5.41) is 14.3. The number of carbonyl (C=O) groups is 1. The molecule has 36 heavy (non-hydrogen) atoms.